The van der Waals surface area contributed by atoms with E-state index in [4.69, 9.17) is 30.6 Å². The molecular formula is C11H10O12. The van der Waals surface area contributed by atoms with Crippen molar-refractivity contribution in [2.75, 3.05) is 0 Å². The fraction of sp³-hybridized carbons (Fsp3) is 0.455. The summed E-state index contributed by atoms with van der Waals surface area (Å²) in [5.74, 6) is -19.5. The maximum Gasteiger partial charge on any atom is 0.322 e. The molecule has 2 atom stereocenters. The number of carboxylic acid groups (broad SMARTS) is 6. The second-order valence-electron chi connectivity index (χ2n) is 4.97. The summed E-state index contributed by atoms with van der Waals surface area (Å²) in [6.07, 6.45) is -1.73. The molecule has 1 saturated carbocycles. The van der Waals surface area contributed by atoms with Crippen LogP contribution in [0.5, 0.6) is 0 Å². The Kier molecular flexibility index (Phi) is 4.06. The zero-order valence-corrected chi connectivity index (χ0v) is 11.0. The summed E-state index contributed by atoms with van der Waals surface area (Å²) in [7, 11) is 0. The second kappa shape index (κ2) is 5.23. The Labute approximate surface area is 125 Å². The van der Waals surface area contributed by atoms with Gasteiger partial charge in [0.05, 0.1) is 11.8 Å². The summed E-state index contributed by atoms with van der Waals surface area (Å²) < 4.78 is 0. The van der Waals surface area contributed by atoms with Gasteiger partial charge in [0.15, 0.2) is 10.8 Å². The van der Waals surface area contributed by atoms with Crippen LogP contribution in [0, 0.1) is 22.7 Å². The molecule has 0 aromatic carbocycles. The maximum absolute atomic E-state index is 11.4. The van der Waals surface area contributed by atoms with Crippen LogP contribution in [-0.4, -0.2) is 66.5 Å². The van der Waals surface area contributed by atoms with Crippen molar-refractivity contribution in [3.8, 4) is 0 Å². The molecule has 2 unspecified atom stereocenters. The number of hydrogen-bond donors (Lipinski definition) is 6. The van der Waals surface area contributed by atoms with Crippen molar-refractivity contribution in [1.82, 2.24) is 0 Å². The van der Waals surface area contributed by atoms with Crippen molar-refractivity contribution in [2.24, 2.45) is 22.7 Å². The van der Waals surface area contributed by atoms with E-state index in [9.17, 15) is 28.8 Å². The lowest BCUT2D eigenvalue weighted by Crippen LogP contribution is -2.49. The van der Waals surface area contributed by atoms with E-state index in [-0.39, 0.29) is 0 Å². The molecule has 23 heavy (non-hydrogen) atoms. The summed E-state index contributed by atoms with van der Waals surface area (Å²) >= 11 is 0. The first kappa shape index (κ1) is 17.9. The largest absolute Gasteiger partial charge is 0.481 e. The molecule has 0 radical (unpaired) electrons. The molecule has 0 aromatic heterocycles. The summed E-state index contributed by atoms with van der Waals surface area (Å²) in [5.41, 5.74) is -6.85. The van der Waals surface area contributed by atoms with E-state index in [0.29, 0.717) is 0 Å². The molecule has 1 fully saturated rings. The first-order chi connectivity index (χ1) is 10.4. The van der Waals surface area contributed by atoms with Crippen LogP contribution in [0.15, 0.2) is 0 Å². The van der Waals surface area contributed by atoms with Gasteiger partial charge in [-0.05, 0) is 0 Å². The smallest absolute Gasteiger partial charge is 0.322 e. The van der Waals surface area contributed by atoms with E-state index in [1.54, 1.807) is 0 Å². The third-order valence-electron chi connectivity index (χ3n) is 4.01. The normalized spacial score (nSPS) is 24.5. The third kappa shape index (κ3) is 2.06. The minimum Gasteiger partial charge on any atom is -0.481 e. The summed E-state index contributed by atoms with van der Waals surface area (Å²) in [6.45, 7) is 0. The van der Waals surface area contributed by atoms with Crippen molar-refractivity contribution < 1.29 is 59.4 Å². The van der Waals surface area contributed by atoms with Crippen LogP contribution in [0.2, 0.25) is 0 Å². The highest BCUT2D eigenvalue weighted by atomic mass is 16.4. The molecule has 0 spiro atoms. The van der Waals surface area contributed by atoms with E-state index in [1.807, 2.05) is 0 Å². The molecule has 1 aliphatic carbocycles. The Balaban J connectivity index is 3.93. The first-order valence-electron chi connectivity index (χ1n) is 5.76. The predicted octanol–water partition coefficient (Wildman–Crippen LogP) is -1.90. The van der Waals surface area contributed by atoms with Crippen LogP contribution in [0.25, 0.3) is 0 Å². The highest BCUT2D eigenvalue weighted by molar-refractivity contribution is 6.11. The summed E-state index contributed by atoms with van der Waals surface area (Å²) in [5, 5.41) is 54.7. The molecule has 12 heteroatoms. The van der Waals surface area contributed by atoms with Crippen molar-refractivity contribution in [3.63, 3.8) is 0 Å². The van der Waals surface area contributed by atoms with Gasteiger partial charge in [-0.15, -0.1) is 0 Å². The monoisotopic (exact) mass is 334 g/mol. The van der Waals surface area contributed by atoms with E-state index >= 15 is 0 Å². The summed E-state index contributed by atoms with van der Waals surface area (Å²) in [4.78, 5) is 68.0. The highest BCUT2D eigenvalue weighted by Crippen LogP contribution is 2.58. The average molecular weight is 334 g/mol. The second-order valence-corrected chi connectivity index (χ2v) is 4.97. The van der Waals surface area contributed by atoms with Crippen LogP contribution < -0.4 is 0 Å². The molecule has 1 aliphatic rings. The van der Waals surface area contributed by atoms with Crippen LogP contribution in [0.3, 0.4) is 0 Å². The molecule has 0 heterocycles. The van der Waals surface area contributed by atoms with Gasteiger partial charge in [0.1, 0.15) is 0 Å². The lowest BCUT2D eigenvalue weighted by Gasteiger charge is -2.25. The zero-order chi connectivity index (χ0) is 18.3. The van der Waals surface area contributed by atoms with Gasteiger partial charge in [0.25, 0.3) is 0 Å². The zero-order valence-electron chi connectivity index (χ0n) is 11.0. The molecule has 0 aromatic rings. The van der Waals surface area contributed by atoms with Gasteiger partial charge in [-0.2, -0.15) is 0 Å². The fourth-order valence-electron chi connectivity index (χ4n) is 2.95. The van der Waals surface area contributed by atoms with Gasteiger partial charge in [0, 0.05) is 6.42 Å². The lowest BCUT2D eigenvalue weighted by atomic mass is 9.74. The Bertz CT molecular complexity index is 549. The topological polar surface area (TPSA) is 224 Å². The molecule has 126 valence electrons. The van der Waals surface area contributed by atoms with Gasteiger partial charge in [0.2, 0.25) is 0 Å². The highest BCUT2D eigenvalue weighted by Gasteiger charge is 2.78. The van der Waals surface area contributed by atoms with Crippen LogP contribution in [0.4, 0.5) is 0 Å². The molecule has 0 saturated heterocycles. The number of aliphatic carboxylic acids is 6. The number of carboxylic acids is 6. The minimum absolute atomic E-state index is 1.73. The minimum atomic E-state index is -3.42. The SMILES string of the molecule is O=C(O)C1C(C(=O)O)C(C(=O)O)(C(=O)O)CC1(C(=O)O)C(=O)O. The average Bonchev–Trinajstić information content (AvgIpc) is 2.72. The third-order valence-corrected chi connectivity index (χ3v) is 4.01. The Morgan fingerprint density at radius 3 is 0.913 bits per heavy atom. The molecule has 12 nitrogen and oxygen atoms in total. The number of carbonyl (C=O) groups is 6. The van der Waals surface area contributed by atoms with Gasteiger partial charge < -0.3 is 30.6 Å². The Morgan fingerprint density at radius 1 is 0.565 bits per heavy atom. The van der Waals surface area contributed by atoms with E-state index in [0.717, 1.165) is 0 Å². The fourth-order valence-corrected chi connectivity index (χ4v) is 2.95. The molecule has 1 rings (SSSR count). The van der Waals surface area contributed by atoms with Gasteiger partial charge >= 0.3 is 35.8 Å². The van der Waals surface area contributed by atoms with Crippen molar-refractivity contribution in [1.29, 1.82) is 0 Å². The first-order valence-corrected chi connectivity index (χ1v) is 5.76. The van der Waals surface area contributed by atoms with Crippen LogP contribution in [0.1, 0.15) is 6.42 Å². The van der Waals surface area contributed by atoms with Gasteiger partial charge in [-0.3, -0.25) is 28.8 Å². The lowest BCUT2D eigenvalue weighted by molar-refractivity contribution is -0.177. The molecule has 0 bridgehead atoms. The summed E-state index contributed by atoms with van der Waals surface area (Å²) in [6, 6.07) is 0. The number of hydrogen-bond acceptors (Lipinski definition) is 6. The molecule has 6 N–H and O–H groups in total. The van der Waals surface area contributed by atoms with Crippen molar-refractivity contribution in [3.05, 3.63) is 0 Å². The van der Waals surface area contributed by atoms with Gasteiger partial charge in [-0.1, -0.05) is 0 Å². The quantitative estimate of drug-likeness (QED) is 0.293. The number of rotatable bonds is 6. The molecule has 0 aliphatic heterocycles. The predicted molar refractivity (Wildman–Crippen MR) is 62.3 cm³/mol. The van der Waals surface area contributed by atoms with Crippen molar-refractivity contribution >= 4 is 35.8 Å². The van der Waals surface area contributed by atoms with Crippen LogP contribution in [-0.2, 0) is 28.8 Å². The maximum atomic E-state index is 11.4. The van der Waals surface area contributed by atoms with Crippen molar-refractivity contribution in [2.45, 2.75) is 6.42 Å². The van der Waals surface area contributed by atoms with Gasteiger partial charge in [-0.25, -0.2) is 0 Å². The molecule has 0 amide bonds. The Morgan fingerprint density at radius 2 is 0.783 bits per heavy atom. The van der Waals surface area contributed by atoms with Crippen LogP contribution >= 0.6 is 0 Å². The van der Waals surface area contributed by atoms with E-state index in [1.165, 1.54) is 0 Å². The standard InChI is InChI=1S/C11H10O12/c12-4(13)2-3(5(14)15)11(8(20)21,9(22)23)1-10(2,6(16)17)7(18)19/h2-3H,1H2,(H,12,13)(H,14,15)(H,16,17)(H,18,19)(H,20,21)(H,22,23). The van der Waals surface area contributed by atoms with E-state index < -0.39 is 64.9 Å². The Hall–Kier alpha value is -3.18. The molecular weight excluding hydrogens is 324 g/mol. The van der Waals surface area contributed by atoms with E-state index in [2.05, 4.69) is 0 Å².